The van der Waals surface area contributed by atoms with Gasteiger partial charge in [-0.3, -0.25) is 4.79 Å². The van der Waals surface area contributed by atoms with E-state index in [4.69, 9.17) is 10.6 Å². The maximum atomic E-state index is 11.4. The molecule has 0 aliphatic rings. The smallest absolute Gasteiger partial charge is 0.408 e. The van der Waals surface area contributed by atoms with Gasteiger partial charge in [-0.1, -0.05) is 24.8 Å². The number of halogens is 1. The van der Waals surface area contributed by atoms with Gasteiger partial charge in [-0.05, 0) is 17.7 Å². The molecule has 8 nitrogen and oxygen atoms in total. The second-order valence-corrected chi connectivity index (χ2v) is 4.24. The highest BCUT2D eigenvalue weighted by molar-refractivity contribution is 5.94. The molecule has 0 aromatic heterocycles. The first-order chi connectivity index (χ1) is 10.5. The Morgan fingerprint density at radius 3 is 2.43 bits per heavy atom. The number of nitrogens with one attached hydrogen (secondary N) is 2. The summed E-state index contributed by atoms with van der Waals surface area (Å²) in [6.45, 7) is 3.35. The molecule has 0 spiro atoms. The lowest BCUT2D eigenvalue weighted by Gasteiger charge is -2.14. The van der Waals surface area contributed by atoms with Crippen LogP contribution >= 0.6 is 12.4 Å². The van der Waals surface area contributed by atoms with E-state index in [2.05, 4.69) is 21.7 Å². The third kappa shape index (κ3) is 6.70. The van der Waals surface area contributed by atoms with Crippen LogP contribution in [0.3, 0.4) is 0 Å². The molecule has 1 aromatic rings. The number of nitrogens with zero attached hydrogens (tertiary/aromatic N) is 1. The molecular weight excluding hydrogens is 326 g/mol. The lowest BCUT2D eigenvalue weighted by molar-refractivity contribution is -0.139. The van der Waals surface area contributed by atoms with E-state index < -0.39 is 24.0 Å². The van der Waals surface area contributed by atoms with Gasteiger partial charge in [0.15, 0.2) is 0 Å². The van der Waals surface area contributed by atoms with Crippen LogP contribution in [0, 0.1) is 5.53 Å². The number of carbonyl (C=O) groups excluding carboxylic acids is 2. The molecule has 124 valence electrons. The number of amides is 2. The average Bonchev–Trinajstić information content (AvgIpc) is 2.52. The predicted molar refractivity (Wildman–Crippen MR) is 83.0 cm³/mol. The molecule has 2 amide bonds. The highest BCUT2D eigenvalue weighted by atomic mass is 35.5. The predicted octanol–water partition coefficient (Wildman–Crippen LogP) is 2.19. The van der Waals surface area contributed by atoms with Crippen molar-refractivity contribution in [1.29, 1.82) is 5.53 Å². The summed E-state index contributed by atoms with van der Waals surface area (Å²) in [5.74, 6) is -1.90. The van der Waals surface area contributed by atoms with Gasteiger partial charge < -0.3 is 15.2 Å². The molecule has 9 heteroatoms. The summed E-state index contributed by atoms with van der Waals surface area (Å²) in [6, 6.07) is 4.77. The molecule has 0 unspecified atom stereocenters. The zero-order valence-electron chi connectivity index (χ0n) is 12.0. The molecule has 1 aromatic carbocycles. The largest absolute Gasteiger partial charge is 0.480 e. The lowest BCUT2D eigenvalue weighted by Crippen LogP contribution is -2.42. The van der Waals surface area contributed by atoms with Crippen LogP contribution in [0.4, 0.5) is 4.79 Å². The Labute approximate surface area is 138 Å². The molecule has 0 radical (unpaired) electrons. The molecule has 0 bridgehead atoms. The third-order valence-corrected chi connectivity index (χ3v) is 2.66. The Morgan fingerprint density at radius 2 is 1.96 bits per heavy atom. The van der Waals surface area contributed by atoms with E-state index >= 15 is 0 Å². The first kappa shape index (κ1) is 20.3. The zero-order valence-corrected chi connectivity index (χ0v) is 12.8. The summed E-state index contributed by atoms with van der Waals surface area (Å²) >= 11 is 0. The van der Waals surface area contributed by atoms with Crippen molar-refractivity contribution in [3.63, 3.8) is 0 Å². The zero-order chi connectivity index (χ0) is 16.5. The van der Waals surface area contributed by atoms with E-state index in [1.807, 2.05) is 0 Å². The number of carboxylic acids is 1. The van der Waals surface area contributed by atoms with Crippen LogP contribution in [0.15, 0.2) is 42.0 Å². The molecule has 0 aliphatic heterocycles. The Kier molecular flexibility index (Phi) is 8.87. The van der Waals surface area contributed by atoms with Crippen LogP contribution in [0.2, 0.25) is 0 Å². The normalized spacial score (nSPS) is 10.6. The molecule has 0 fully saturated rings. The number of rotatable bonds is 7. The fourth-order valence-corrected chi connectivity index (χ4v) is 1.60. The molecule has 0 saturated carbocycles. The van der Waals surface area contributed by atoms with Crippen molar-refractivity contribution in [1.82, 2.24) is 5.32 Å². The van der Waals surface area contributed by atoms with E-state index in [9.17, 15) is 14.4 Å². The van der Waals surface area contributed by atoms with E-state index in [-0.39, 0.29) is 31.0 Å². The molecule has 1 rings (SSSR count). The quantitative estimate of drug-likeness (QED) is 0.517. The number of hydrogen-bond donors (Lipinski definition) is 3. The summed E-state index contributed by atoms with van der Waals surface area (Å²) in [5, 5.41) is 14.1. The summed E-state index contributed by atoms with van der Waals surface area (Å²) in [6.07, 6.45) is 0.528. The maximum absolute atomic E-state index is 11.4. The molecule has 0 saturated heterocycles. The number of carboxylic acid groups (broad SMARTS) is 1. The van der Waals surface area contributed by atoms with Crippen molar-refractivity contribution in [2.24, 2.45) is 5.11 Å². The van der Waals surface area contributed by atoms with E-state index in [0.29, 0.717) is 5.56 Å². The first-order valence-electron chi connectivity index (χ1n) is 6.25. The molecule has 0 heterocycles. The number of alkyl carbamates (subject to hydrolysis) is 1. The van der Waals surface area contributed by atoms with Crippen molar-refractivity contribution in [2.45, 2.75) is 12.5 Å². The van der Waals surface area contributed by atoms with E-state index in [0.717, 1.165) is 0 Å². The van der Waals surface area contributed by atoms with Gasteiger partial charge in [0.1, 0.15) is 12.6 Å². The maximum Gasteiger partial charge on any atom is 0.408 e. The fraction of sp³-hybridized carbons (Fsp3) is 0.214. The number of ether oxygens (including phenoxy) is 1. The molecular formula is C14H16ClN3O5. The van der Waals surface area contributed by atoms with Crippen LogP contribution in [-0.2, 0) is 16.0 Å². The number of hydrogen-bond acceptors (Lipinski definition) is 5. The van der Waals surface area contributed by atoms with Crippen LogP contribution in [0.1, 0.15) is 15.9 Å². The summed E-state index contributed by atoms with van der Waals surface area (Å²) in [4.78, 5) is 33.7. The van der Waals surface area contributed by atoms with Gasteiger partial charge in [-0.15, -0.1) is 17.5 Å². The van der Waals surface area contributed by atoms with Crippen molar-refractivity contribution in [3.8, 4) is 0 Å². The van der Waals surface area contributed by atoms with Gasteiger partial charge in [0.05, 0.1) is 0 Å². The molecule has 1 atom stereocenters. The highest BCUT2D eigenvalue weighted by Crippen LogP contribution is 2.09. The highest BCUT2D eigenvalue weighted by Gasteiger charge is 2.21. The Morgan fingerprint density at radius 1 is 1.35 bits per heavy atom. The van der Waals surface area contributed by atoms with Crippen molar-refractivity contribution in [2.75, 3.05) is 6.61 Å². The molecule has 3 N–H and O–H groups in total. The minimum Gasteiger partial charge on any atom is -0.480 e. The molecule has 0 aliphatic carbocycles. The van der Waals surface area contributed by atoms with Crippen molar-refractivity contribution in [3.05, 3.63) is 48.0 Å². The van der Waals surface area contributed by atoms with Crippen molar-refractivity contribution >= 4 is 30.4 Å². The van der Waals surface area contributed by atoms with Gasteiger partial charge in [-0.25, -0.2) is 15.1 Å². The number of benzene rings is 1. The van der Waals surface area contributed by atoms with Gasteiger partial charge in [0, 0.05) is 12.0 Å². The molecule has 23 heavy (non-hydrogen) atoms. The van der Waals surface area contributed by atoms with Crippen LogP contribution in [0.25, 0.3) is 0 Å². The monoisotopic (exact) mass is 341 g/mol. The second-order valence-electron chi connectivity index (χ2n) is 4.24. The van der Waals surface area contributed by atoms with Crippen molar-refractivity contribution < 1.29 is 24.2 Å². The Hall–Kier alpha value is -2.74. The minimum atomic E-state index is -1.21. The third-order valence-electron chi connectivity index (χ3n) is 2.66. The van der Waals surface area contributed by atoms with Gasteiger partial charge >= 0.3 is 12.1 Å². The average molecular weight is 342 g/mol. The summed E-state index contributed by atoms with van der Waals surface area (Å²) in [5.41, 5.74) is 7.45. The van der Waals surface area contributed by atoms with Crippen LogP contribution in [0.5, 0.6) is 0 Å². The van der Waals surface area contributed by atoms with Gasteiger partial charge in [0.25, 0.3) is 5.91 Å². The first-order valence-corrected chi connectivity index (χ1v) is 6.25. The van der Waals surface area contributed by atoms with E-state index in [1.165, 1.54) is 30.3 Å². The fourth-order valence-electron chi connectivity index (χ4n) is 1.60. The van der Waals surface area contributed by atoms with Gasteiger partial charge in [-0.2, -0.15) is 0 Å². The second kappa shape index (κ2) is 10.1. The topological polar surface area (TPSA) is 129 Å². The number of carbonyl (C=O) groups is 3. The minimum absolute atomic E-state index is 0. The lowest BCUT2D eigenvalue weighted by atomic mass is 10.0. The summed E-state index contributed by atoms with van der Waals surface area (Å²) < 4.78 is 4.67. The van der Waals surface area contributed by atoms with Gasteiger partial charge in [0.2, 0.25) is 0 Å². The number of aliphatic carboxylic acids is 1. The van der Waals surface area contributed by atoms with E-state index in [1.54, 1.807) is 0 Å². The Balaban J connectivity index is 0.00000484. The van der Waals surface area contributed by atoms with Crippen LogP contribution in [-0.4, -0.2) is 35.7 Å². The standard InChI is InChI=1S/C14H15N3O5.ClH/c1-2-7-22-14(21)16-11(13(19)20)8-9-3-5-10(6-4-9)12(18)17-15;/h2-6,11,15H,1,7-8H2,(H,16,21)(H,19,20);1H/t11-;/m0./s1. The SMILES string of the molecule is C=CCOC(=O)N[C@@H](Cc1ccc(C(=O)N=N)cc1)C(=O)O.Cl. The van der Waals surface area contributed by atoms with Crippen LogP contribution < -0.4 is 5.32 Å². The Bertz CT molecular complexity index is 589. The summed E-state index contributed by atoms with van der Waals surface area (Å²) in [7, 11) is 0.